The van der Waals surface area contributed by atoms with Crippen molar-refractivity contribution in [2.24, 2.45) is 5.92 Å². The molecule has 2 heterocycles. The first-order chi connectivity index (χ1) is 12.4. The third kappa shape index (κ3) is 4.33. The summed E-state index contributed by atoms with van der Waals surface area (Å²) in [5, 5.41) is 6.49. The van der Waals surface area contributed by atoms with E-state index in [1.165, 1.54) is 0 Å². The number of ether oxygens (including phenoxy) is 1. The van der Waals surface area contributed by atoms with Crippen LogP contribution in [-0.4, -0.2) is 53.2 Å². The van der Waals surface area contributed by atoms with Crippen LogP contribution in [0.4, 0.5) is 16.4 Å². The molecule has 1 atom stereocenters. The summed E-state index contributed by atoms with van der Waals surface area (Å²) in [5.41, 5.74) is 1.26. The van der Waals surface area contributed by atoms with Crippen LogP contribution in [0.25, 0.3) is 11.0 Å². The van der Waals surface area contributed by atoms with Gasteiger partial charge in [0, 0.05) is 26.7 Å². The zero-order valence-electron chi connectivity index (χ0n) is 15.9. The van der Waals surface area contributed by atoms with Crippen LogP contribution in [0.15, 0.2) is 24.3 Å². The van der Waals surface area contributed by atoms with Crippen LogP contribution in [-0.2, 0) is 4.74 Å². The van der Waals surface area contributed by atoms with Gasteiger partial charge in [-0.3, -0.25) is 0 Å². The van der Waals surface area contributed by atoms with Crippen LogP contribution in [0.5, 0.6) is 0 Å². The van der Waals surface area contributed by atoms with Crippen LogP contribution in [0.2, 0.25) is 0 Å². The summed E-state index contributed by atoms with van der Waals surface area (Å²) < 4.78 is 5.45. The lowest BCUT2D eigenvalue weighted by Crippen LogP contribution is -2.35. The zero-order valence-corrected chi connectivity index (χ0v) is 15.9. The Hall–Kier alpha value is -2.57. The van der Waals surface area contributed by atoms with Crippen LogP contribution in [0.3, 0.4) is 0 Å². The molecular formula is C19H27N5O2. The molecule has 1 aromatic carbocycles. The van der Waals surface area contributed by atoms with E-state index >= 15 is 0 Å². The van der Waals surface area contributed by atoms with E-state index in [9.17, 15) is 4.79 Å². The van der Waals surface area contributed by atoms with Gasteiger partial charge >= 0.3 is 6.09 Å². The van der Waals surface area contributed by atoms with Crippen molar-refractivity contribution in [3.05, 3.63) is 24.3 Å². The van der Waals surface area contributed by atoms with E-state index in [0.717, 1.165) is 42.2 Å². The standard InChI is InChI=1S/C19H27N5O2/c1-19(2,3)26-18(25)24-10-9-13(12-24)11-21-17-16(20-4)22-14-7-5-6-8-15(14)23-17/h5-8,13H,9-12H2,1-4H3,(H,20,22)(H,21,23). The van der Waals surface area contributed by atoms with Crippen molar-refractivity contribution in [3.63, 3.8) is 0 Å². The molecule has 0 saturated carbocycles. The molecule has 140 valence electrons. The van der Waals surface area contributed by atoms with Crippen LogP contribution >= 0.6 is 0 Å². The highest BCUT2D eigenvalue weighted by Crippen LogP contribution is 2.23. The molecule has 26 heavy (non-hydrogen) atoms. The average Bonchev–Trinajstić information content (AvgIpc) is 3.07. The van der Waals surface area contributed by atoms with Gasteiger partial charge in [0.1, 0.15) is 5.60 Å². The maximum atomic E-state index is 12.2. The van der Waals surface area contributed by atoms with Crippen LogP contribution in [0, 0.1) is 5.92 Å². The SMILES string of the molecule is CNc1nc2ccccc2nc1NCC1CCN(C(=O)OC(C)(C)C)C1. The van der Waals surface area contributed by atoms with Gasteiger partial charge in [0.25, 0.3) is 0 Å². The number of hydrogen-bond donors (Lipinski definition) is 2. The second-order valence-corrected chi connectivity index (χ2v) is 7.62. The van der Waals surface area contributed by atoms with Gasteiger partial charge in [0.15, 0.2) is 11.6 Å². The van der Waals surface area contributed by atoms with Gasteiger partial charge in [0.2, 0.25) is 0 Å². The minimum Gasteiger partial charge on any atom is -0.444 e. The highest BCUT2D eigenvalue weighted by molar-refractivity contribution is 5.80. The molecule has 0 radical (unpaired) electrons. The first-order valence-electron chi connectivity index (χ1n) is 9.02. The molecule has 1 fully saturated rings. The van der Waals surface area contributed by atoms with Gasteiger partial charge in [-0.15, -0.1) is 0 Å². The van der Waals surface area contributed by atoms with Crippen molar-refractivity contribution in [1.29, 1.82) is 0 Å². The number of hydrogen-bond acceptors (Lipinski definition) is 6. The molecule has 0 spiro atoms. The molecule has 2 aromatic rings. The number of nitrogens with zero attached hydrogens (tertiary/aromatic N) is 3. The number of anilines is 2. The fourth-order valence-corrected chi connectivity index (χ4v) is 3.03. The van der Waals surface area contributed by atoms with E-state index in [4.69, 9.17) is 4.74 Å². The molecule has 1 aliphatic heterocycles. The number of carbonyl (C=O) groups is 1. The predicted molar refractivity (Wildman–Crippen MR) is 103 cm³/mol. The summed E-state index contributed by atoms with van der Waals surface area (Å²) >= 11 is 0. The smallest absolute Gasteiger partial charge is 0.410 e. The Bertz CT molecular complexity index is 787. The Kier molecular flexibility index (Phi) is 5.15. The largest absolute Gasteiger partial charge is 0.444 e. The second-order valence-electron chi connectivity index (χ2n) is 7.62. The zero-order chi connectivity index (χ0) is 18.7. The highest BCUT2D eigenvalue weighted by atomic mass is 16.6. The Morgan fingerprint density at radius 1 is 1.23 bits per heavy atom. The van der Waals surface area contributed by atoms with Gasteiger partial charge in [0.05, 0.1) is 11.0 Å². The molecule has 1 amide bonds. The lowest BCUT2D eigenvalue weighted by atomic mass is 10.1. The van der Waals surface area contributed by atoms with Gasteiger partial charge in [-0.1, -0.05) is 12.1 Å². The monoisotopic (exact) mass is 357 g/mol. The molecule has 1 aliphatic rings. The van der Waals surface area contributed by atoms with E-state index in [1.807, 2.05) is 52.1 Å². The molecule has 1 unspecified atom stereocenters. The molecule has 1 saturated heterocycles. The minimum atomic E-state index is -0.462. The lowest BCUT2D eigenvalue weighted by molar-refractivity contribution is 0.0289. The third-order valence-electron chi connectivity index (χ3n) is 4.30. The van der Waals surface area contributed by atoms with E-state index in [2.05, 4.69) is 20.6 Å². The number of nitrogens with one attached hydrogen (secondary N) is 2. The van der Waals surface area contributed by atoms with E-state index in [-0.39, 0.29) is 6.09 Å². The van der Waals surface area contributed by atoms with E-state index in [1.54, 1.807) is 4.90 Å². The van der Waals surface area contributed by atoms with E-state index < -0.39 is 5.60 Å². The van der Waals surface area contributed by atoms with Crippen molar-refractivity contribution in [1.82, 2.24) is 14.9 Å². The van der Waals surface area contributed by atoms with Crippen molar-refractivity contribution in [2.45, 2.75) is 32.8 Å². The number of amides is 1. The number of para-hydroxylation sites is 2. The summed E-state index contributed by atoms with van der Waals surface area (Å²) in [6.45, 7) is 7.81. The highest BCUT2D eigenvalue weighted by Gasteiger charge is 2.29. The van der Waals surface area contributed by atoms with Gasteiger partial charge in [-0.25, -0.2) is 14.8 Å². The predicted octanol–water partition coefficient (Wildman–Crippen LogP) is 3.34. The average molecular weight is 357 g/mol. The first-order valence-corrected chi connectivity index (χ1v) is 9.02. The van der Waals surface area contributed by atoms with Gasteiger partial charge in [-0.05, 0) is 45.2 Å². The number of benzene rings is 1. The minimum absolute atomic E-state index is 0.235. The van der Waals surface area contributed by atoms with Crippen LogP contribution < -0.4 is 10.6 Å². The normalized spacial score (nSPS) is 17.4. The molecule has 0 aliphatic carbocycles. The number of likely N-dealkylation sites (tertiary alicyclic amines) is 1. The number of fused-ring (bicyclic) bond motifs is 1. The summed E-state index contributed by atoms with van der Waals surface area (Å²) in [6.07, 6.45) is 0.712. The quantitative estimate of drug-likeness (QED) is 0.874. The van der Waals surface area contributed by atoms with Crippen molar-refractivity contribution in [2.75, 3.05) is 37.3 Å². The Morgan fingerprint density at radius 2 is 1.88 bits per heavy atom. The lowest BCUT2D eigenvalue weighted by Gasteiger charge is -2.24. The summed E-state index contributed by atoms with van der Waals surface area (Å²) in [6, 6.07) is 7.80. The number of rotatable bonds is 4. The number of aromatic nitrogens is 2. The third-order valence-corrected chi connectivity index (χ3v) is 4.30. The number of carbonyl (C=O) groups excluding carboxylic acids is 1. The van der Waals surface area contributed by atoms with E-state index in [0.29, 0.717) is 12.5 Å². The molecule has 7 heteroatoms. The molecule has 2 N–H and O–H groups in total. The topological polar surface area (TPSA) is 79.4 Å². The van der Waals surface area contributed by atoms with Crippen molar-refractivity contribution in [3.8, 4) is 0 Å². The first kappa shape index (κ1) is 18.2. The van der Waals surface area contributed by atoms with Crippen molar-refractivity contribution >= 4 is 28.8 Å². The summed E-state index contributed by atoms with van der Waals surface area (Å²) in [4.78, 5) is 23.2. The Morgan fingerprint density at radius 3 is 2.50 bits per heavy atom. The molecule has 1 aromatic heterocycles. The maximum Gasteiger partial charge on any atom is 0.410 e. The molecule has 0 bridgehead atoms. The maximum absolute atomic E-state index is 12.2. The summed E-state index contributed by atoms with van der Waals surface area (Å²) in [5.74, 6) is 1.83. The molecular weight excluding hydrogens is 330 g/mol. The van der Waals surface area contributed by atoms with Gasteiger partial charge < -0.3 is 20.3 Å². The molecule has 7 nitrogen and oxygen atoms in total. The fourth-order valence-electron chi connectivity index (χ4n) is 3.03. The second kappa shape index (κ2) is 7.35. The summed E-state index contributed by atoms with van der Waals surface area (Å²) in [7, 11) is 1.84. The van der Waals surface area contributed by atoms with Crippen molar-refractivity contribution < 1.29 is 9.53 Å². The Labute approximate surface area is 154 Å². The fraction of sp³-hybridized carbons (Fsp3) is 0.526. The van der Waals surface area contributed by atoms with Crippen LogP contribution in [0.1, 0.15) is 27.2 Å². The van der Waals surface area contributed by atoms with Gasteiger partial charge in [-0.2, -0.15) is 0 Å². The molecule has 3 rings (SSSR count). The Balaban J connectivity index is 1.61.